The number of nitrogens with zero attached hydrogens (tertiary/aromatic N) is 1. The molecule has 1 N–H and O–H groups in total. The van der Waals surface area contributed by atoms with Crippen LogP contribution in [0.1, 0.15) is 16.8 Å². The maximum Gasteiger partial charge on any atom is 0.306 e. The van der Waals surface area contributed by atoms with Crippen LogP contribution < -0.4 is 4.74 Å². The molecule has 1 heterocycles. The van der Waals surface area contributed by atoms with Crippen LogP contribution in [0.5, 0.6) is 5.75 Å². The second-order valence-corrected chi connectivity index (χ2v) is 5.07. The molecule has 1 aliphatic rings. The number of ether oxygens (including phenoxy) is 2. The molecule has 1 aliphatic heterocycles. The minimum Gasteiger partial charge on any atom is -0.496 e. The number of carboxylic acids is 1. The van der Waals surface area contributed by atoms with Gasteiger partial charge in [-0.25, -0.2) is 0 Å². The highest BCUT2D eigenvalue weighted by Crippen LogP contribution is 2.28. The topological polar surface area (TPSA) is 76.1 Å². The van der Waals surface area contributed by atoms with Crippen LogP contribution in [0, 0.1) is 0 Å². The standard InChI is InChI=1S/C14H16ClNO5/c1-20-11-4-2-3-10(15)13(11)14(19)16-5-6-21-9(8-16)7-12(17)18/h2-4,9H,5-8H2,1H3,(H,17,18)/t9-/m1/s1. The van der Waals surface area contributed by atoms with Crippen molar-refractivity contribution in [2.24, 2.45) is 0 Å². The van der Waals surface area contributed by atoms with Gasteiger partial charge in [0.1, 0.15) is 11.3 Å². The molecule has 7 heteroatoms. The first-order chi connectivity index (χ1) is 10.0. The van der Waals surface area contributed by atoms with Crippen LogP contribution in [0.3, 0.4) is 0 Å². The minimum absolute atomic E-state index is 0.135. The highest BCUT2D eigenvalue weighted by atomic mass is 35.5. The van der Waals surface area contributed by atoms with Crippen molar-refractivity contribution >= 4 is 23.5 Å². The zero-order valence-electron chi connectivity index (χ0n) is 11.5. The molecule has 0 radical (unpaired) electrons. The Hall–Kier alpha value is -1.79. The molecule has 0 bridgehead atoms. The Labute approximate surface area is 127 Å². The number of aliphatic carboxylic acids is 1. The van der Waals surface area contributed by atoms with E-state index in [1.165, 1.54) is 7.11 Å². The molecule has 1 atom stereocenters. The summed E-state index contributed by atoms with van der Waals surface area (Å²) in [5.74, 6) is -0.838. The van der Waals surface area contributed by atoms with Gasteiger partial charge in [0.05, 0.1) is 31.3 Å². The van der Waals surface area contributed by atoms with E-state index in [2.05, 4.69) is 0 Å². The summed E-state index contributed by atoms with van der Waals surface area (Å²) in [6.45, 7) is 0.916. The van der Waals surface area contributed by atoms with Crippen molar-refractivity contribution in [1.29, 1.82) is 0 Å². The molecule has 1 fully saturated rings. The lowest BCUT2D eigenvalue weighted by Crippen LogP contribution is -2.46. The molecule has 1 aromatic carbocycles. The lowest BCUT2D eigenvalue weighted by Gasteiger charge is -2.32. The third-order valence-corrected chi connectivity index (χ3v) is 3.55. The van der Waals surface area contributed by atoms with Crippen LogP contribution in [0.2, 0.25) is 5.02 Å². The van der Waals surface area contributed by atoms with Gasteiger partial charge in [-0.3, -0.25) is 9.59 Å². The third-order valence-electron chi connectivity index (χ3n) is 3.24. The van der Waals surface area contributed by atoms with Crippen LogP contribution in [0.15, 0.2) is 18.2 Å². The molecular weight excluding hydrogens is 298 g/mol. The van der Waals surface area contributed by atoms with Crippen molar-refractivity contribution in [1.82, 2.24) is 4.90 Å². The van der Waals surface area contributed by atoms with Crippen LogP contribution in [0.4, 0.5) is 0 Å². The van der Waals surface area contributed by atoms with Crippen molar-refractivity contribution < 1.29 is 24.2 Å². The van der Waals surface area contributed by atoms with E-state index in [0.29, 0.717) is 23.9 Å². The van der Waals surface area contributed by atoms with E-state index in [1.54, 1.807) is 23.1 Å². The normalized spacial score (nSPS) is 18.4. The first-order valence-electron chi connectivity index (χ1n) is 6.48. The summed E-state index contributed by atoms with van der Waals surface area (Å²) in [6.07, 6.45) is -0.641. The Kier molecular flexibility index (Phi) is 5.03. The van der Waals surface area contributed by atoms with Crippen molar-refractivity contribution in [3.63, 3.8) is 0 Å². The molecule has 2 rings (SSSR count). The van der Waals surface area contributed by atoms with Gasteiger partial charge in [-0.1, -0.05) is 17.7 Å². The maximum absolute atomic E-state index is 12.6. The molecule has 0 spiro atoms. The lowest BCUT2D eigenvalue weighted by molar-refractivity contribution is -0.141. The summed E-state index contributed by atoms with van der Waals surface area (Å²) >= 11 is 6.09. The van der Waals surface area contributed by atoms with E-state index >= 15 is 0 Å². The Morgan fingerprint density at radius 2 is 2.29 bits per heavy atom. The van der Waals surface area contributed by atoms with Gasteiger partial charge >= 0.3 is 5.97 Å². The second-order valence-electron chi connectivity index (χ2n) is 4.66. The summed E-state index contributed by atoms with van der Waals surface area (Å²) in [6, 6.07) is 4.98. The molecule has 6 nitrogen and oxygen atoms in total. The van der Waals surface area contributed by atoms with Gasteiger partial charge in [0.2, 0.25) is 0 Å². The number of benzene rings is 1. The molecule has 0 saturated carbocycles. The minimum atomic E-state index is -0.954. The zero-order chi connectivity index (χ0) is 15.4. The number of carbonyl (C=O) groups is 2. The highest BCUT2D eigenvalue weighted by Gasteiger charge is 2.29. The van der Waals surface area contributed by atoms with Crippen LogP contribution in [-0.2, 0) is 9.53 Å². The van der Waals surface area contributed by atoms with Gasteiger partial charge < -0.3 is 19.5 Å². The number of carboxylic acid groups (broad SMARTS) is 1. The van der Waals surface area contributed by atoms with E-state index in [0.717, 1.165) is 0 Å². The second kappa shape index (κ2) is 6.78. The number of rotatable bonds is 4. The largest absolute Gasteiger partial charge is 0.496 e. The van der Waals surface area contributed by atoms with Crippen molar-refractivity contribution in [2.45, 2.75) is 12.5 Å². The average molecular weight is 314 g/mol. The summed E-state index contributed by atoms with van der Waals surface area (Å²) in [5.41, 5.74) is 0.289. The Bertz CT molecular complexity index is 548. The summed E-state index contributed by atoms with van der Waals surface area (Å²) in [4.78, 5) is 24.9. The Morgan fingerprint density at radius 1 is 1.52 bits per heavy atom. The third kappa shape index (κ3) is 3.65. The monoisotopic (exact) mass is 313 g/mol. The number of hydrogen-bond donors (Lipinski definition) is 1. The smallest absolute Gasteiger partial charge is 0.306 e. The molecule has 0 unspecified atom stereocenters. The van der Waals surface area contributed by atoms with E-state index in [4.69, 9.17) is 26.2 Å². The lowest BCUT2D eigenvalue weighted by atomic mass is 10.1. The van der Waals surface area contributed by atoms with Crippen LogP contribution in [-0.4, -0.2) is 54.8 Å². The maximum atomic E-state index is 12.6. The van der Waals surface area contributed by atoms with E-state index in [1.807, 2.05) is 0 Å². The predicted octanol–water partition coefficient (Wildman–Crippen LogP) is 1.66. The molecule has 1 aromatic rings. The SMILES string of the molecule is COc1cccc(Cl)c1C(=O)N1CCO[C@H](CC(=O)O)C1. The summed E-state index contributed by atoms with van der Waals surface area (Å²) in [7, 11) is 1.47. The van der Waals surface area contributed by atoms with Crippen LogP contribution >= 0.6 is 11.6 Å². The summed E-state index contributed by atoms with van der Waals surface area (Å²) < 4.78 is 10.5. The first kappa shape index (κ1) is 15.6. The van der Waals surface area contributed by atoms with Crippen molar-refractivity contribution in [3.8, 4) is 5.75 Å². The fourth-order valence-corrected chi connectivity index (χ4v) is 2.51. The number of amides is 1. The molecule has 1 amide bonds. The van der Waals surface area contributed by atoms with Gasteiger partial charge in [-0.15, -0.1) is 0 Å². The molecule has 1 saturated heterocycles. The number of carbonyl (C=O) groups excluding carboxylic acids is 1. The fraction of sp³-hybridized carbons (Fsp3) is 0.429. The summed E-state index contributed by atoms with van der Waals surface area (Å²) in [5, 5.41) is 9.12. The van der Waals surface area contributed by atoms with E-state index < -0.39 is 12.1 Å². The molecular formula is C14H16ClNO5. The van der Waals surface area contributed by atoms with Crippen LogP contribution in [0.25, 0.3) is 0 Å². The van der Waals surface area contributed by atoms with Gasteiger partial charge in [0.25, 0.3) is 5.91 Å². The number of halogens is 1. The predicted molar refractivity (Wildman–Crippen MR) is 75.9 cm³/mol. The molecule has 21 heavy (non-hydrogen) atoms. The number of morpholine rings is 1. The zero-order valence-corrected chi connectivity index (χ0v) is 12.3. The highest BCUT2D eigenvalue weighted by molar-refractivity contribution is 6.34. The van der Waals surface area contributed by atoms with Gasteiger partial charge in [0.15, 0.2) is 0 Å². The van der Waals surface area contributed by atoms with Crippen molar-refractivity contribution in [2.75, 3.05) is 26.8 Å². The Morgan fingerprint density at radius 3 is 2.95 bits per heavy atom. The van der Waals surface area contributed by atoms with E-state index in [9.17, 15) is 9.59 Å². The average Bonchev–Trinajstić information content (AvgIpc) is 2.45. The fourth-order valence-electron chi connectivity index (χ4n) is 2.26. The van der Waals surface area contributed by atoms with Crippen molar-refractivity contribution in [3.05, 3.63) is 28.8 Å². The molecule has 0 aromatic heterocycles. The molecule has 114 valence electrons. The molecule has 0 aliphatic carbocycles. The first-order valence-corrected chi connectivity index (χ1v) is 6.86. The van der Waals surface area contributed by atoms with Gasteiger partial charge in [0, 0.05) is 13.1 Å². The van der Waals surface area contributed by atoms with Gasteiger partial charge in [-0.2, -0.15) is 0 Å². The van der Waals surface area contributed by atoms with Gasteiger partial charge in [-0.05, 0) is 12.1 Å². The quantitative estimate of drug-likeness (QED) is 0.915. The number of methoxy groups -OCH3 is 1. The number of hydrogen-bond acceptors (Lipinski definition) is 4. The van der Waals surface area contributed by atoms with E-state index in [-0.39, 0.29) is 24.4 Å². The Balaban J connectivity index is 2.18.